The van der Waals surface area contributed by atoms with Crippen LogP contribution in [0.3, 0.4) is 0 Å². The Morgan fingerprint density at radius 2 is 1.91 bits per heavy atom. The molecule has 0 atom stereocenters. The minimum absolute atomic E-state index is 0.000875. The summed E-state index contributed by atoms with van der Waals surface area (Å²) in [5, 5.41) is 30.1. The Bertz CT molecular complexity index is 1220. The van der Waals surface area contributed by atoms with Crippen LogP contribution >= 0.6 is 0 Å². The number of halogens is 1. The topological polar surface area (TPSA) is 120 Å². The van der Waals surface area contributed by atoms with E-state index in [1.54, 1.807) is 24.4 Å². The van der Waals surface area contributed by atoms with E-state index in [1.807, 2.05) is 0 Å². The molecule has 0 saturated heterocycles. The number of fused-ring (bicyclic) bond motifs is 2. The van der Waals surface area contributed by atoms with Crippen molar-refractivity contribution in [3.8, 4) is 5.69 Å². The van der Waals surface area contributed by atoms with Gasteiger partial charge in [-0.3, -0.25) is 4.79 Å². The minimum Gasteiger partial charge on any atom is -0.618 e. The fourth-order valence-corrected chi connectivity index (χ4v) is 4.38. The van der Waals surface area contributed by atoms with Crippen molar-refractivity contribution in [2.24, 2.45) is 0 Å². The van der Waals surface area contributed by atoms with Crippen molar-refractivity contribution in [2.75, 3.05) is 5.32 Å². The molecule has 5 rings (SSSR count). The lowest BCUT2D eigenvalue weighted by atomic mass is 9.74. The Labute approximate surface area is 181 Å². The highest BCUT2D eigenvalue weighted by Crippen LogP contribution is 2.48. The van der Waals surface area contributed by atoms with E-state index in [-0.39, 0.29) is 48.6 Å². The highest BCUT2D eigenvalue weighted by Gasteiger charge is 2.57. The maximum absolute atomic E-state index is 13.1. The molecule has 1 aliphatic heterocycles. The Balaban J connectivity index is 1.30. The van der Waals surface area contributed by atoms with Crippen LogP contribution in [0.2, 0.25) is 0 Å². The predicted octanol–water partition coefficient (Wildman–Crippen LogP) is 1.95. The number of benzene rings is 1. The van der Waals surface area contributed by atoms with E-state index in [0.717, 1.165) is 0 Å². The fraction of sp³-hybridized carbons (Fsp3) is 0.273. The second-order valence-corrected chi connectivity index (χ2v) is 8.09. The number of amides is 1. The lowest BCUT2D eigenvalue weighted by Gasteiger charge is -2.38. The molecule has 2 N–H and O–H groups in total. The monoisotopic (exact) mass is 438 g/mol. The van der Waals surface area contributed by atoms with Crippen LogP contribution in [-0.2, 0) is 15.1 Å². The van der Waals surface area contributed by atoms with Crippen LogP contribution in [0.25, 0.3) is 5.69 Å². The maximum Gasteiger partial charge on any atom is 0.345 e. The molecule has 1 fully saturated rings. The van der Waals surface area contributed by atoms with Gasteiger partial charge in [0.15, 0.2) is 17.6 Å². The highest BCUT2D eigenvalue weighted by atomic mass is 19.1. The van der Waals surface area contributed by atoms with Gasteiger partial charge in [-0.15, -0.1) is 0 Å². The number of hydrogen-bond donors (Lipinski definition) is 2. The summed E-state index contributed by atoms with van der Waals surface area (Å²) in [4.78, 5) is 25.0. The molecule has 0 radical (unpaired) electrons. The largest absolute Gasteiger partial charge is 0.618 e. The predicted molar refractivity (Wildman–Crippen MR) is 108 cm³/mol. The molecule has 0 unspecified atom stereocenters. The summed E-state index contributed by atoms with van der Waals surface area (Å²) < 4.78 is 20.7. The number of nitrogens with one attached hydrogen (secondary N) is 1. The molecule has 2 aromatic heterocycles. The number of hydrogen-bond acceptors (Lipinski definition) is 6. The SMILES string of the molecule is O=C1OC2(CCC(O)(C(=O)Nc3ccn(-c4ccc(F)cc4)n3)CC2)c2c1ccc[n+]2[O-]. The lowest BCUT2D eigenvalue weighted by molar-refractivity contribution is -0.621. The second kappa shape index (κ2) is 7.13. The van der Waals surface area contributed by atoms with E-state index in [1.165, 1.54) is 35.1 Å². The molecule has 1 spiro atoms. The van der Waals surface area contributed by atoms with E-state index in [2.05, 4.69) is 10.4 Å². The molecule has 0 bridgehead atoms. The molecule has 1 aromatic carbocycles. The molecular weight excluding hydrogens is 419 g/mol. The molecule has 2 aliphatic rings. The van der Waals surface area contributed by atoms with E-state index >= 15 is 0 Å². The van der Waals surface area contributed by atoms with Crippen LogP contribution in [0.15, 0.2) is 54.9 Å². The van der Waals surface area contributed by atoms with Gasteiger partial charge in [0.1, 0.15) is 17.0 Å². The molecular formula is C22H19FN4O5. The quantitative estimate of drug-likeness (QED) is 0.366. The van der Waals surface area contributed by atoms with Gasteiger partial charge in [0.2, 0.25) is 0 Å². The third kappa shape index (κ3) is 3.19. The summed E-state index contributed by atoms with van der Waals surface area (Å²) in [5.41, 5.74) is -1.80. The molecule has 9 nitrogen and oxygen atoms in total. The first-order valence-corrected chi connectivity index (χ1v) is 10.1. The van der Waals surface area contributed by atoms with Gasteiger partial charge in [-0.1, -0.05) is 0 Å². The van der Waals surface area contributed by atoms with Crippen molar-refractivity contribution in [1.29, 1.82) is 0 Å². The number of nitrogens with zero attached hydrogens (tertiary/aromatic N) is 3. The van der Waals surface area contributed by atoms with E-state index in [4.69, 9.17) is 4.74 Å². The zero-order valence-corrected chi connectivity index (χ0v) is 16.8. The second-order valence-electron chi connectivity index (χ2n) is 8.09. The van der Waals surface area contributed by atoms with Gasteiger partial charge >= 0.3 is 5.97 Å². The number of anilines is 1. The number of ether oxygens (including phenoxy) is 1. The summed E-state index contributed by atoms with van der Waals surface area (Å²) in [6.07, 6.45) is 3.16. The zero-order chi connectivity index (χ0) is 22.5. The lowest BCUT2D eigenvalue weighted by Crippen LogP contribution is -2.51. The summed E-state index contributed by atoms with van der Waals surface area (Å²) in [7, 11) is 0. The van der Waals surface area contributed by atoms with Gasteiger partial charge < -0.3 is 20.4 Å². The Morgan fingerprint density at radius 3 is 2.62 bits per heavy atom. The average molecular weight is 438 g/mol. The Kier molecular flexibility index (Phi) is 4.48. The summed E-state index contributed by atoms with van der Waals surface area (Å²) in [6, 6.07) is 10.3. The number of carbonyl (C=O) groups is 2. The average Bonchev–Trinajstić information content (AvgIpc) is 3.35. The van der Waals surface area contributed by atoms with Crippen molar-refractivity contribution in [1.82, 2.24) is 9.78 Å². The first-order valence-electron chi connectivity index (χ1n) is 10.1. The number of aliphatic hydroxyl groups is 1. The standard InChI is InChI=1S/C22H19FN4O5/c23-14-3-5-15(6-4-14)26-13-7-17(25-26)24-20(29)21(30)8-10-22(11-9-21)18-16(19(28)32-22)2-1-12-27(18)31/h1-7,12-13,30H,8-11H2,(H,24,25,29). The molecule has 3 aromatic rings. The molecule has 32 heavy (non-hydrogen) atoms. The molecule has 1 saturated carbocycles. The number of carbonyl (C=O) groups excluding carboxylic acids is 2. The third-order valence-electron chi connectivity index (χ3n) is 6.13. The van der Waals surface area contributed by atoms with Crippen molar-refractivity contribution < 1.29 is 28.6 Å². The molecule has 1 aliphatic carbocycles. The Hall–Kier alpha value is -3.79. The minimum atomic E-state index is -1.71. The molecule has 3 heterocycles. The van der Waals surface area contributed by atoms with Crippen molar-refractivity contribution in [2.45, 2.75) is 36.9 Å². The first-order chi connectivity index (χ1) is 15.3. The number of aromatic nitrogens is 3. The van der Waals surface area contributed by atoms with Crippen molar-refractivity contribution in [3.63, 3.8) is 0 Å². The van der Waals surface area contributed by atoms with Crippen LogP contribution in [0.4, 0.5) is 10.2 Å². The van der Waals surface area contributed by atoms with Crippen LogP contribution in [0.5, 0.6) is 0 Å². The molecule has 10 heteroatoms. The van der Waals surface area contributed by atoms with Crippen LogP contribution in [0.1, 0.15) is 41.7 Å². The van der Waals surface area contributed by atoms with Gasteiger partial charge in [0.25, 0.3) is 11.6 Å². The van der Waals surface area contributed by atoms with E-state index in [0.29, 0.717) is 10.4 Å². The van der Waals surface area contributed by atoms with Gasteiger partial charge in [-0.05, 0) is 43.2 Å². The number of pyridine rings is 1. The summed E-state index contributed by atoms with van der Waals surface area (Å²) >= 11 is 0. The normalized spacial score (nSPS) is 24.2. The summed E-state index contributed by atoms with van der Waals surface area (Å²) in [6.45, 7) is 0. The fourth-order valence-electron chi connectivity index (χ4n) is 4.38. The smallest absolute Gasteiger partial charge is 0.345 e. The van der Waals surface area contributed by atoms with E-state index < -0.39 is 23.1 Å². The van der Waals surface area contributed by atoms with E-state index in [9.17, 15) is 24.3 Å². The van der Waals surface area contributed by atoms with Crippen molar-refractivity contribution in [3.05, 3.63) is 77.1 Å². The van der Waals surface area contributed by atoms with Gasteiger partial charge in [0, 0.05) is 31.2 Å². The number of esters is 1. The molecule has 164 valence electrons. The highest BCUT2D eigenvalue weighted by molar-refractivity contribution is 5.97. The molecule has 1 amide bonds. The zero-order valence-electron chi connectivity index (χ0n) is 16.8. The third-order valence-corrected chi connectivity index (χ3v) is 6.13. The van der Waals surface area contributed by atoms with Crippen molar-refractivity contribution >= 4 is 17.7 Å². The van der Waals surface area contributed by atoms with Gasteiger partial charge in [0.05, 0.1) is 5.69 Å². The van der Waals surface area contributed by atoms with Gasteiger partial charge in [-0.2, -0.15) is 9.83 Å². The summed E-state index contributed by atoms with van der Waals surface area (Å²) in [5.74, 6) is -1.36. The van der Waals surface area contributed by atoms with Crippen LogP contribution in [-0.4, -0.2) is 32.4 Å². The Morgan fingerprint density at radius 1 is 1.19 bits per heavy atom. The maximum atomic E-state index is 13.1. The first kappa shape index (κ1) is 20.1. The van der Waals surface area contributed by atoms with Crippen LogP contribution in [0, 0.1) is 11.0 Å². The van der Waals surface area contributed by atoms with Gasteiger partial charge in [-0.25, -0.2) is 13.9 Å². The number of rotatable bonds is 3. The van der Waals surface area contributed by atoms with Crippen LogP contribution < -0.4 is 10.0 Å².